The van der Waals surface area contributed by atoms with E-state index in [1.54, 1.807) is 12.3 Å². The number of amides is 1. The van der Waals surface area contributed by atoms with Gasteiger partial charge in [0.25, 0.3) is 0 Å². The van der Waals surface area contributed by atoms with E-state index in [0.717, 1.165) is 16.5 Å². The van der Waals surface area contributed by atoms with Gasteiger partial charge in [0.1, 0.15) is 5.52 Å². The van der Waals surface area contributed by atoms with Crippen LogP contribution < -0.4 is 11.0 Å². The van der Waals surface area contributed by atoms with Crippen molar-refractivity contribution >= 4 is 50.7 Å². The fourth-order valence-electron chi connectivity index (χ4n) is 3.42. The number of rotatable bonds is 5. The topological polar surface area (TPSA) is 116 Å². The van der Waals surface area contributed by atoms with Gasteiger partial charge < -0.3 is 20.3 Å². The summed E-state index contributed by atoms with van der Waals surface area (Å²) in [5.74, 6) is 0.582. The van der Waals surface area contributed by atoms with Gasteiger partial charge in [0, 0.05) is 29.1 Å². The molecule has 1 atom stereocenters. The molecule has 152 valence electrons. The Bertz CT molecular complexity index is 1130. The number of imidazole rings is 1. The summed E-state index contributed by atoms with van der Waals surface area (Å²) in [6.45, 7) is 1.85. The highest BCUT2D eigenvalue weighted by Crippen LogP contribution is 2.23. The third-order valence-electron chi connectivity index (χ3n) is 4.95. The molecule has 1 saturated heterocycles. The molecule has 4 rings (SSSR count). The summed E-state index contributed by atoms with van der Waals surface area (Å²) in [5.41, 5.74) is 1.50. The molecule has 9 nitrogen and oxygen atoms in total. The minimum Gasteiger partial charge on any atom is -0.465 e. The zero-order valence-electron chi connectivity index (χ0n) is 15.2. The second-order valence-corrected chi connectivity index (χ2v) is 8.27. The SMILES string of the molecule is O=C(O)N1CCC(CNc2ncc3[nH]c(=O)n(Cc4cc(Br)ccc4Cl)c3n2)C1. The largest absolute Gasteiger partial charge is 0.465 e. The third-order valence-corrected chi connectivity index (χ3v) is 5.81. The van der Waals surface area contributed by atoms with Crippen molar-refractivity contribution in [3.05, 3.63) is 49.9 Å². The molecule has 0 aliphatic carbocycles. The summed E-state index contributed by atoms with van der Waals surface area (Å²) in [4.78, 5) is 36.3. The van der Waals surface area contributed by atoms with Crippen LogP contribution in [0.5, 0.6) is 0 Å². The quantitative estimate of drug-likeness (QED) is 0.516. The lowest BCUT2D eigenvalue weighted by molar-refractivity contribution is 0.154. The van der Waals surface area contributed by atoms with Crippen LogP contribution in [0.25, 0.3) is 11.2 Å². The van der Waals surface area contributed by atoms with Crippen molar-refractivity contribution in [2.24, 2.45) is 5.92 Å². The van der Waals surface area contributed by atoms with E-state index in [1.807, 2.05) is 12.1 Å². The van der Waals surface area contributed by atoms with E-state index in [0.29, 0.717) is 41.8 Å². The Labute approximate surface area is 178 Å². The first-order valence-electron chi connectivity index (χ1n) is 9.02. The first-order valence-corrected chi connectivity index (χ1v) is 10.2. The van der Waals surface area contributed by atoms with Crippen molar-refractivity contribution in [3.63, 3.8) is 0 Å². The van der Waals surface area contributed by atoms with E-state index >= 15 is 0 Å². The van der Waals surface area contributed by atoms with Crippen LogP contribution in [0.3, 0.4) is 0 Å². The van der Waals surface area contributed by atoms with Gasteiger partial charge in [-0.1, -0.05) is 27.5 Å². The standard InChI is InChI=1S/C18H18BrClN6O3/c19-12-1-2-13(20)11(5-12)9-26-15-14(23-17(26)27)7-22-16(24-15)21-6-10-3-4-25(8-10)18(28)29/h1-2,5,7,10H,3-4,6,8-9H2,(H,23,27)(H,28,29)(H,21,22,24). The number of aromatic amines is 1. The monoisotopic (exact) mass is 480 g/mol. The average Bonchev–Trinajstić information content (AvgIpc) is 3.28. The number of fused-ring (bicyclic) bond motifs is 1. The minimum absolute atomic E-state index is 0.194. The summed E-state index contributed by atoms with van der Waals surface area (Å²) >= 11 is 9.68. The van der Waals surface area contributed by atoms with Crippen LogP contribution in [0.1, 0.15) is 12.0 Å². The first-order chi connectivity index (χ1) is 13.9. The highest BCUT2D eigenvalue weighted by atomic mass is 79.9. The Kier molecular flexibility index (Phi) is 5.46. The Morgan fingerprint density at radius 3 is 3.03 bits per heavy atom. The predicted octanol–water partition coefficient (Wildman–Crippen LogP) is 3.00. The molecule has 29 heavy (non-hydrogen) atoms. The molecule has 0 spiro atoms. The average molecular weight is 482 g/mol. The smallest absolute Gasteiger partial charge is 0.407 e. The van der Waals surface area contributed by atoms with E-state index in [-0.39, 0.29) is 18.2 Å². The van der Waals surface area contributed by atoms with Crippen molar-refractivity contribution < 1.29 is 9.90 Å². The first kappa shape index (κ1) is 19.7. The summed E-state index contributed by atoms with van der Waals surface area (Å²) in [6, 6.07) is 5.47. The molecule has 3 N–H and O–H groups in total. The Morgan fingerprint density at radius 1 is 1.45 bits per heavy atom. The number of likely N-dealkylation sites (tertiary alicyclic amines) is 1. The molecular formula is C18H18BrClN6O3. The maximum Gasteiger partial charge on any atom is 0.407 e. The second kappa shape index (κ2) is 8.03. The number of carbonyl (C=O) groups is 1. The molecule has 1 amide bonds. The molecule has 1 aromatic carbocycles. The molecule has 1 unspecified atom stereocenters. The minimum atomic E-state index is -0.896. The highest BCUT2D eigenvalue weighted by Gasteiger charge is 2.25. The number of aromatic nitrogens is 4. The highest BCUT2D eigenvalue weighted by molar-refractivity contribution is 9.10. The van der Waals surface area contributed by atoms with Gasteiger partial charge in [0.2, 0.25) is 5.95 Å². The van der Waals surface area contributed by atoms with Gasteiger partial charge in [-0.25, -0.2) is 14.6 Å². The van der Waals surface area contributed by atoms with Gasteiger partial charge in [0.15, 0.2) is 5.65 Å². The van der Waals surface area contributed by atoms with Crippen molar-refractivity contribution in [3.8, 4) is 0 Å². The molecule has 3 heterocycles. The van der Waals surface area contributed by atoms with E-state index < -0.39 is 6.09 Å². The van der Waals surface area contributed by atoms with Crippen molar-refractivity contribution in [2.75, 3.05) is 25.0 Å². The van der Waals surface area contributed by atoms with E-state index in [1.165, 1.54) is 9.47 Å². The van der Waals surface area contributed by atoms with Gasteiger partial charge in [-0.05, 0) is 36.1 Å². The zero-order valence-corrected chi connectivity index (χ0v) is 17.6. The lowest BCUT2D eigenvalue weighted by Crippen LogP contribution is -2.28. The molecule has 0 bridgehead atoms. The van der Waals surface area contributed by atoms with E-state index in [2.05, 4.69) is 36.2 Å². The molecule has 0 radical (unpaired) electrons. The number of H-pyrrole nitrogens is 1. The molecule has 11 heteroatoms. The van der Waals surface area contributed by atoms with Crippen LogP contribution >= 0.6 is 27.5 Å². The Hall–Kier alpha value is -2.59. The van der Waals surface area contributed by atoms with Crippen LogP contribution in [-0.2, 0) is 6.54 Å². The number of benzene rings is 1. The number of hydrogen-bond donors (Lipinski definition) is 3. The van der Waals surface area contributed by atoms with Crippen LogP contribution in [-0.4, -0.2) is 55.3 Å². The van der Waals surface area contributed by atoms with E-state index in [9.17, 15) is 9.59 Å². The molecule has 1 aliphatic heterocycles. The summed E-state index contributed by atoms with van der Waals surface area (Å²) < 4.78 is 2.38. The van der Waals surface area contributed by atoms with E-state index in [4.69, 9.17) is 16.7 Å². The Morgan fingerprint density at radius 2 is 2.28 bits per heavy atom. The molecule has 1 fully saturated rings. The number of hydrogen-bond acceptors (Lipinski definition) is 5. The van der Waals surface area contributed by atoms with Gasteiger partial charge in [-0.3, -0.25) is 4.57 Å². The fraction of sp³-hybridized carbons (Fsp3) is 0.333. The summed E-state index contributed by atoms with van der Waals surface area (Å²) in [7, 11) is 0. The maximum absolute atomic E-state index is 12.4. The van der Waals surface area contributed by atoms with Gasteiger partial charge in [-0.2, -0.15) is 4.98 Å². The maximum atomic E-state index is 12.4. The van der Waals surface area contributed by atoms with Gasteiger partial charge in [0.05, 0.1) is 12.7 Å². The van der Waals surface area contributed by atoms with Crippen LogP contribution in [0.2, 0.25) is 5.02 Å². The second-order valence-electron chi connectivity index (χ2n) is 6.95. The number of nitrogens with zero attached hydrogens (tertiary/aromatic N) is 4. The third kappa shape index (κ3) is 4.23. The fourth-order valence-corrected chi connectivity index (χ4v) is 4.01. The molecule has 0 saturated carbocycles. The Balaban J connectivity index is 1.54. The predicted molar refractivity (Wildman–Crippen MR) is 113 cm³/mol. The molecule has 2 aromatic heterocycles. The summed E-state index contributed by atoms with van der Waals surface area (Å²) in [5, 5.41) is 12.8. The number of halogens is 2. The zero-order chi connectivity index (χ0) is 20.5. The lowest BCUT2D eigenvalue weighted by atomic mass is 10.1. The van der Waals surface area contributed by atoms with Crippen LogP contribution in [0.15, 0.2) is 33.7 Å². The van der Waals surface area contributed by atoms with Gasteiger partial charge in [-0.15, -0.1) is 0 Å². The summed E-state index contributed by atoms with van der Waals surface area (Å²) in [6.07, 6.45) is 1.45. The molecular weight excluding hydrogens is 464 g/mol. The van der Waals surface area contributed by atoms with Gasteiger partial charge >= 0.3 is 11.8 Å². The van der Waals surface area contributed by atoms with Crippen molar-refractivity contribution in [1.82, 2.24) is 24.4 Å². The molecule has 1 aliphatic rings. The van der Waals surface area contributed by atoms with Crippen molar-refractivity contribution in [1.29, 1.82) is 0 Å². The number of carboxylic acid groups (broad SMARTS) is 1. The number of anilines is 1. The number of nitrogens with one attached hydrogen (secondary N) is 2. The van der Waals surface area contributed by atoms with Crippen LogP contribution in [0, 0.1) is 5.92 Å². The van der Waals surface area contributed by atoms with Crippen LogP contribution in [0.4, 0.5) is 10.7 Å². The van der Waals surface area contributed by atoms with Crippen molar-refractivity contribution in [2.45, 2.75) is 13.0 Å². The lowest BCUT2D eigenvalue weighted by Gasteiger charge is -2.13. The molecule has 3 aromatic rings. The normalized spacial score (nSPS) is 16.5.